The van der Waals surface area contributed by atoms with Gasteiger partial charge in [0.15, 0.2) is 0 Å². The van der Waals surface area contributed by atoms with Gasteiger partial charge in [-0.05, 0) is 64.7 Å². The summed E-state index contributed by atoms with van der Waals surface area (Å²) in [5.41, 5.74) is 9.08. The highest BCUT2D eigenvalue weighted by atomic mass is 19.4. The summed E-state index contributed by atoms with van der Waals surface area (Å²) in [6.07, 6.45) is -5.09. The van der Waals surface area contributed by atoms with Crippen molar-refractivity contribution in [3.8, 4) is 0 Å². The van der Waals surface area contributed by atoms with Gasteiger partial charge in [-0.2, -0.15) is 13.2 Å². The molecule has 4 atom stereocenters. The second-order valence-corrected chi connectivity index (χ2v) is 13.9. The van der Waals surface area contributed by atoms with Gasteiger partial charge in [0.1, 0.15) is 0 Å². The number of alkyl halides is 3. The van der Waals surface area contributed by atoms with Crippen molar-refractivity contribution in [2.45, 2.75) is 29.8 Å². The van der Waals surface area contributed by atoms with Crippen molar-refractivity contribution in [1.29, 1.82) is 0 Å². The highest BCUT2D eigenvalue weighted by molar-refractivity contribution is 6.02. The molecule has 1 aliphatic rings. The number of H-pyrrole nitrogens is 4. The molecule has 0 radical (unpaired) electrons. The largest absolute Gasteiger partial charge is 0.454 e. The first-order valence-electron chi connectivity index (χ1n) is 17.9. The minimum atomic E-state index is -5.09. The zero-order valence-corrected chi connectivity index (χ0v) is 28.9. The molecule has 4 aromatic heterocycles. The van der Waals surface area contributed by atoms with Crippen LogP contribution in [0.1, 0.15) is 102 Å². The van der Waals surface area contributed by atoms with Crippen LogP contribution in [0.3, 0.4) is 0 Å². The first kappa shape index (κ1) is 33.3. The molecule has 266 valence electrons. The Morgan fingerprint density at radius 3 is 1.02 bits per heavy atom. The summed E-state index contributed by atoms with van der Waals surface area (Å²) in [6, 6.07) is 52.9. The molecule has 0 saturated heterocycles. The number of Topliss-reactive ketones (excluding diaryl/α,β-unsaturated/α-hetero) is 1. The lowest BCUT2D eigenvalue weighted by Gasteiger charge is -2.21. The van der Waals surface area contributed by atoms with Crippen LogP contribution in [0.4, 0.5) is 13.2 Å². The Hall–Kier alpha value is -6.54. The second-order valence-electron chi connectivity index (χ2n) is 13.9. The number of hydrogen-bond acceptors (Lipinski definition) is 1. The molecule has 5 nitrogen and oxygen atoms in total. The van der Waals surface area contributed by atoms with E-state index in [-0.39, 0.29) is 17.5 Å². The number of aromatic amines is 4. The number of carbonyl (C=O) groups excluding carboxylic acids is 1. The highest BCUT2D eigenvalue weighted by Gasteiger charge is 2.43. The van der Waals surface area contributed by atoms with Gasteiger partial charge in [0.05, 0.1) is 23.7 Å². The van der Waals surface area contributed by atoms with Crippen molar-refractivity contribution in [3.63, 3.8) is 0 Å². The van der Waals surface area contributed by atoms with Crippen LogP contribution in [0.5, 0.6) is 0 Å². The summed E-state index contributed by atoms with van der Waals surface area (Å²) >= 11 is 0. The van der Waals surface area contributed by atoms with E-state index in [1.807, 2.05) is 121 Å². The molecule has 1 aliphatic heterocycles. The summed E-state index contributed by atoms with van der Waals surface area (Å²) in [5, 5.41) is 0. The lowest BCUT2D eigenvalue weighted by atomic mass is 9.89. The maximum atomic E-state index is 14.5. The van der Waals surface area contributed by atoms with Crippen LogP contribution in [-0.4, -0.2) is 31.9 Å². The predicted octanol–water partition coefficient (Wildman–Crippen LogP) is 10.8. The van der Waals surface area contributed by atoms with E-state index >= 15 is 0 Å². The van der Waals surface area contributed by atoms with E-state index in [2.05, 4.69) is 56.3 Å². The lowest BCUT2D eigenvalue weighted by Crippen LogP contribution is -2.24. The number of rotatable bonds is 5. The second kappa shape index (κ2) is 13.5. The van der Waals surface area contributed by atoms with Crippen molar-refractivity contribution in [3.05, 3.63) is 237 Å². The van der Waals surface area contributed by atoms with Crippen molar-refractivity contribution in [2.24, 2.45) is 0 Å². The van der Waals surface area contributed by atoms with Crippen molar-refractivity contribution >= 4 is 5.78 Å². The van der Waals surface area contributed by atoms with Gasteiger partial charge in [0.25, 0.3) is 5.78 Å². The van der Waals surface area contributed by atoms with Crippen LogP contribution in [0.15, 0.2) is 164 Å². The van der Waals surface area contributed by atoms with E-state index in [0.29, 0.717) is 11.4 Å². The number of carbonyl (C=O) groups is 1. The third-order valence-corrected chi connectivity index (χ3v) is 10.6. The van der Waals surface area contributed by atoms with Crippen molar-refractivity contribution in [1.82, 2.24) is 19.9 Å². The Morgan fingerprint density at radius 1 is 0.389 bits per heavy atom. The first-order valence-corrected chi connectivity index (χ1v) is 17.9. The third kappa shape index (κ3) is 5.99. The highest BCUT2D eigenvalue weighted by Crippen LogP contribution is 2.43. The zero-order chi connectivity index (χ0) is 36.8. The summed E-state index contributed by atoms with van der Waals surface area (Å²) in [4.78, 5) is 28.0. The molecule has 8 bridgehead atoms. The molecular weight excluding hydrogens is 682 g/mol. The van der Waals surface area contributed by atoms with E-state index in [0.717, 1.165) is 50.7 Å². The molecule has 9 rings (SSSR count). The van der Waals surface area contributed by atoms with Crippen LogP contribution < -0.4 is 0 Å². The molecule has 4 unspecified atom stereocenters. The molecule has 5 heterocycles. The van der Waals surface area contributed by atoms with E-state index < -0.39 is 29.4 Å². The molecule has 0 amide bonds. The van der Waals surface area contributed by atoms with Crippen LogP contribution >= 0.6 is 0 Å². The minimum Gasteiger partial charge on any atom is -0.361 e. The van der Waals surface area contributed by atoms with E-state index in [1.54, 1.807) is 0 Å². The summed E-state index contributed by atoms with van der Waals surface area (Å²) in [7, 11) is 0. The topological polar surface area (TPSA) is 80.2 Å². The van der Waals surface area contributed by atoms with E-state index in [1.165, 1.54) is 6.07 Å². The number of fused-ring (bicyclic) bond motifs is 8. The smallest absolute Gasteiger partial charge is 0.361 e. The first-order chi connectivity index (χ1) is 26.3. The number of halogens is 3. The Bertz CT molecular complexity index is 2530. The summed E-state index contributed by atoms with van der Waals surface area (Å²) < 4.78 is 43.6. The van der Waals surface area contributed by atoms with Gasteiger partial charge >= 0.3 is 6.18 Å². The molecule has 0 fully saturated rings. The van der Waals surface area contributed by atoms with Crippen molar-refractivity contribution in [2.75, 3.05) is 0 Å². The third-order valence-electron chi connectivity index (χ3n) is 10.6. The molecule has 8 aromatic rings. The van der Waals surface area contributed by atoms with Crippen molar-refractivity contribution < 1.29 is 18.0 Å². The molecule has 4 aromatic carbocycles. The van der Waals surface area contributed by atoms with Gasteiger partial charge in [0.2, 0.25) is 0 Å². The standard InChI is InChI=1S/C46H35F3N4O/c47-46(48,49)45(54)32-27-39-42(30-17-9-3-10-18-30)37-24-23-35(51-37)40(28-13-5-1-6-14-28)33-21-22-34(50-33)41(29-15-7-2-8-16-29)36-25-26-38(52-36)43(44(32)53-39)31-19-11-4-12-20-31/h1-27,40-43,50-53H. The van der Waals surface area contributed by atoms with Crippen LogP contribution in [0.2, 0.25) is 0 Å². The minimum absolute atomic E-state index is 0.173. The molecule has 4 N–H and O–H groups in total. The maximum absolute atomic E-state index is 14.5. The van der Waals surface area contributed by atoms with Crippen LogP contribution in [0.25, 0.3) is 0 Å². The number of nitrogens with one attached hydrogen (secondary N) is 4. The average molecular weight is 717 g/mol. The quantitative estimate of drug-likeness (QED) is 0.131. The molecule has 0 aliphatic carbocycles. The fraction of sp³-hybridized carbons (Fsp3) is 0.109. The van der Waals surface area contributed by atoms with Gasteiger partial charge in [-0.3, -0.25) is 4.79 Å². The van der Waals surface area contributed by atoms with Gasteiger partial charge in [-0.1, -0.05) is 121 Å². The van der Waals surface area contributed by atoms with Gasteiger partial charge in [-0.25, -0.2) is 0 Å². The number of benzene rings is 4. The van der Waals surface area contributed by atoms with Crippen LogP contribution in [-0.2, 0) is 0 Å². The van der Waals surface area contributed by atoms with Gasteiger partial charge in [0, 0.05) is 51.1 Å². The Kier molecular flexibility index (Phi) is 8.30. The predicted molar refractivity (Wildman–Crippen MR) is 203 cm³/mol. The number of aromatic nitrogens is 4. The molecule has 0 spiro atoms. The SMILES string of the molecule is O=C(c1cc2[nH]c1C(c1ccccc1)c1ccc([nH]1)C(c1ccccc1)c1ccc([nH]1)C(c1ccccc1)c1ccc([nH]1)C2c1ccccc1)C(F)(F)F. The monoisotopic (exact) mass is 716 g/mol. The number of ketones is 1. The summed E-state index contributed by atoms with van der Waals surface area (Å²) in [6.45, 7) is 0. The average Bonchev–Trinajstić information content (AvgIpc) is 4.03. The Morgan fingerprint density at radius 2 is 0.685 bits per heavy atom. The van der Waals surface area contributed by atoms with E-state index in [9.17, 15) is 18.0 Å². The Labute approximate surface area is 310 Å². The zero-order valence-electron chi connectivity index (χ0n) is 28.9. The molecular formula is C46H35F3N4O. The fourth-order valence-corrected chi connectivity index (χ4v) is 8.18. The van der Waals surface area contributed by atoms with Gasteiger partial charge in [-0.15, -0.1) is 0 Å². The molecule has 8 heteroatoms. The lowest BCUT2D eigenvalue weighted by molar-refractivity contribution is -0.0885. The normalized spacial score (nSPS) is 18.4. The molecule has 54 heavy (non-hydrogen) atoms. The Balaban J connectivity index is 1.35. The molecule has 0 saturated carbocycles. The maximum Gasteiger partial charge on any atom is 0.454 e. The van der Waals surface area contributed by atoms with Gasteiger partial charge < -0.3 is 19.9 Å². The van der Waals surface area contributed by atoms with Crippen LogP contribution in [0, 0.1) is 0 Å². The summed E-state index contributed by atoms with van der Waals surface area (Å²) in [5.74, 6) is -3.66. The number of hydrogen-bond donors (Lipinski definition) is 4. The fourth-order valence-electron chi connectivity index (χ4n) is 8.18. The van der Waals surface area contributed by atoms with E-state index in [4.69, 9.17) is 0 Å².